The standard InChI is InChI=1S/C29H28N2O3/c1-3-27(33)31-25-12-8-7-11-23(25)30-24-17-21(19-13-15-22(34-2)16-14-19)18-26(32)28(24)29(31)20-9-5-4-6-10-20/h4-16,21,29-30H,3,17-18H2,1-2H3/t21-,29-/m0/s1. The third kappa shape index (κ3) is 3.87. The van der Waals surface area contributed by atoms with Crippen molar-refractivity contribution in [3.63, 3.8) is 0 Å². The summed E-state index contributed by atoms with van der Waals surface area (Å²) >= 11 is 0. The van der Waals surface area contributed by atoms with Crippen molar-refractivity contribution in [1.29, 1.82) is 0 Å². The topological polar surface area (TPSA) is 58.6 Å². The lowest BCUT2D eigenvalue weighted by atomic mass is 9.78. The Balaban J connectivity index is 1.66. The van der Waals surface area contributed by atoms with Gasteiger partial charge in [0.1, 0.15) is 5.75 Å². The van der Waals surface area contributed by atoms with E-state index in [4.69, 9.17) is 4.74 Å². The Hall–Kier alpha value is -3.86. The molecule has 0 aromatic heterocycles. The van der Waals surface area contributed by atoms with Crippen molar-refractivity contribution in [3.8, 4) is 5.75 Å². The van der Waals surface area contributed by atoms with Crippen LogP contribution in [0.1, 0.15) is 49.3 Å². The first-order valence-electron chi connectivity index (χ1n) is 11.7. The van der Waals surface area contributed by atoms with E-state index in [1.165, 1.54) is 0 Å². The molecule has 5 nitrogen and oxygen atoms in total. The van der Waals surface area contributed by atoms with Crippen LogP contribution in [0.2, 0.25) is 0 Å². The zero-order valence-corrected chi connectivity index (χ0v) is 19.5. The molecule has 3 aromatic carbocycles. The van der Waals surface area contributed by atoms with Gasteiger partial charge >= 0.3 is 0 Å². The lowest BCUT2D eigenvalue weighted by Gasteiger charge is -2.35. The molecule has 1 heterocycles. The lowest BCUT2D eigenvalue weighted by Crippen LogP contribution is -2.38. The molecule has 0 saturated heterocycles. The van der Waals surface area contributed by atoms with Gasteiger partial charge in [0, 0.05) is 24.1 Å². The normalized spacial score (nSPS) is 19.6. The average molecular weight is 453 g/mol. The van der Waals surface area contributed by atoms with Gasteiger partial charge < -0.3 is 10.1 Å². The van der Waals surface area contributed by atoms with Crippen molar-refractivity contribution in [1.82, 2.24) is 0 Å². The van der Waals surface area contributed by atoms with Gasteiger partial charge in [-0.05, 0) is 47.7 Å². The van der Waals surface area contributed by atoms with Crippen molar-refractivity contribution < 1.29 is 14.3 Å². The number of carbonyl (C=O) groups excluding carboxylic acids is 2. The molecular formula is C29H28N2O3. The predicted octanol–water partition coefficient (Wildman–Crippen LogP) is 6.01. The number of rotatable bonds is 4. The van der Waals surface area contributed by atoms with E-state index in [0.717, 1.165) is 33.9 Å². The molecule has 1 amide bonds. The van der Waals surface area contributed by atoms with E-state index >= 15 is 0 Å². The molecule has 0 radical (unpaired) electrons. The number of ether oxygens (including phenoxy) is 1. The van der Waals surface area contributed by atoms with E-state index in [-0.39, 0.29) is 17.6 Å². The number of carbonyl (C=O) groups is 2. The molecule has 0 saturated carbocycles. The highest BCUT2D eigenvalue weighted by molar-refractivity contribution is 6.06. The third-order valence-corrected chi connectivity index (χ3v) is 6.76. The Morgan fingerprint density at radius 2 is 1.65 bits per heavy atom. The van der Waals surface area contributed by atoms with Gasteiger partial charge in [0.15, 0.2) is 5.78 Å². The molecule has 2 atom stereocenters. The van der Waals surface area contributed by atoms with E-state index in [0.29, 0.717) is 24.8 Å². The van der Waals surface area contributed by atoms with Crippen LogP contribution in [-0.4, -0.2) is 18.8 Å². The Labute approximate surface area is 200 Å². The Bertz CT molecular complexity index is 1250. The fraction of sp³-hybridized carbons (Fsp3) is 0.241. The molecule has 1 aliphatic heterocycles. The van der Waals surface area contributed by atoms with Crippen molar-refractivity contribution in [3.05, 3.63) is 101 Å². The highest BCUT2D eigenvalue weighted by Crippen LogP contribution is 2.47. The smallest absolute Gasteiger partial charge is 0.227 e. The summed E-state index contributed by atoms with van der Waals surface area (Å²) in [5, 5.41) is 3.56. The molecule has 3 aromatic rings. The number of methoxy groups -OCH3 is 1. The van der Waals surface area contributed by atoms with E-state index < -0.39 is 6.04 Å². The van der Waals surface area contributed by atoms with Gasteiger partial charge in [0.25, 0.3) is 0 Å². The van der Waals surface area contributed by atoms with Crippen LogP contribution in [-0.2, 0) is 9.59 Å². The summed E-state index contributed by atoms with van der Waals surface area (Å²) in [6.07, 6.45) is 1.45. The molecule has 2 aliphatic rings. The molecule has 1 N–H and O–H groups in total. The maximum atomic E-state index is 13.8. The van der Waals surface area contributed by atoms with Crippen molar-refractivity contribution in [2.45, 2.75) is 38.1 Å². The van der Waals surface area contributed by atoms with Gasteiger partial charge in [-0.2, -0.15) is 0 Å². The molecule has 5 heteroatoms. The van der Waals surface area contributed by atoms with Crippen molar-refractivity contribution in [2.75, 3.05) is 17.3 Å². The quantitative estimate of drug-likeness (QED) is 0.527. The summed E-state index contributed by atoms with van der Waals surface area (Å²) in [4.78, 5) is 29.0. The van der Waals surface area contributed by atoms with Crippen LogP contribution in [0.5, 0.6) is 5.75 Å². The molecule has 0 unspecified atom stereocenters. The van der Waals surface area contributed by atoms with Crippen molar-refractivity contribution >= 4 is 23.1 Å². The van der Waals surface area contributed by atoms with E-state index in [2.05, 4.69) is 5.32 Å². The first-order chi connectivity index (χ1) is 16.6. The zero-order valence-electron chi connectivity index (χ0n) is 19.5. The fourth-order valence-corrected chi connectivity index (χ4v) is 5.10. The van der Waals surface area contributed by atoms with Crippen LogP contribution >= 0.6 is 0 Å². The summed E-state index contributed by atoms with van der Waals surface area (Å²) in [6.45, 7) is 1.86. The summed E-state index contributed by atoms with van der Waals surface area (Å²) in [6, 6.07) is 25.2. The third-order valence-electron chi connectivity index (χ3n) is 6.76. The van der Waals surface area contributed by atoms with Gasteiger partial charge in [0.05, 0.1) is 24.5 Å². The van der Waals surface area contributed by atoms with Gasteiger partial charge in [0.2, 0.25) is 5.91 Å². The summed E-state index contributed by atoms with van der Waals surface area (Å²) < 4.78 is 5.30. The van der Waals surface area contributed by atoms with Gasteiger partial charge in [-0.15, -0.1) is 0 Å². The summed E-state index contributed by atoms with van der Waals surface area (Å²) in [7, 11) is 1.65. The highest BCUT2D eigenvalue weighted by atomic mass is 16.5. The number of Topliss-reactive ketones (excluding diaryl/α,β-unsaturated/α-hetero) is 1. The predicted molar refractivity (Wildman–Crippen MR) is 134 cm³/mol. The number of nitrogens with one attached hydrogen (secondary N) is 1. The van der Waals surface area contributed by atoms with Gasteiger partial charge in [-0.3, -0.25) is 14.5 Å². The number of hydrogen-bond acceptors (Lipinski definition) is 4. The Kier molecular flexibility index (Phi) is 5.93. The second kappa shape index (κ2) is 9.18. The number of amides is 1. The second-order valence-corrected chi connectivity index (χ2v) is 8.77. The molecule has 0 spiro atoms. The minimum atomic E-state index is -0.468. The molecule has 0 fully saturated rings. The van der Waals surface area contributed by atoms with Crippen LogP contribution in [0.3, 0.4) is 0 Å². The highest BCUT2D eigenvalue weighted by Gasteiger charge is 2.41. The maximum Gasteiger partial charge on any atom is 0.227 e. The summed E-state index contributed by atoms with van der Waals surface area (Å²) in [5.41, 5.74) is 5.27. The first kappa shape index (κ1) is 22.0. The van der Waals surface area contributed by atoms with Gasteiger partial charge in [-0.25, -0.2) is 0 Å². The maximum absolute atomic E-state index is 13.8. The Morgan fingerprint density at radius 3 is 2.35 bits per heavy atom. The minimum absolute atomic E-state index is 0.0121. The number of nitrogens with zero attached hydrogens (tertiary/aromatic N) is 1. The number of ketones is 1. The van der Waals surface area contributed by atoms with Crippen LogP contribution in [0.4, 0.5) is 11.4 Å². The molecule has 34 heavy (non-hydrogen) atoms. The fourth-order valence-electron chi connectivity index (χ4n) is 5.10. The van der Waals surface area contributed by atoms with Gasteiger partial charge in [-0.1, -0.05) is 61.5 Å². The van der Waals surface area contributed by atoms with Crippen LogP contribution in [0, 0.1) is 0 Å². The van der Waals surface area contributed by atoms with Crippen LogP contribution in [0.25, 0.3) is 0 Å². The number of para-hydroxylation sites is 2. The number of benzene rings is 3. The van der Waals surface area contributed by atoms with Crippen LogP contribution in [0.15, 0.2) is 90.1 Å². The number of hydrogen-bond donors (Lipinski definition) is 1. The lowest BCUT2D eigenvalue weighted by molar-refractivity contribution is -0.119. The largest absolute Gasteiger partial charge is 0.497 e. The van der Waals surface area contributed by atoms with Crippen LogP contribution < -0.4 is 15.0 Å². The second-order valence-electron chi connectivity index (χ2n) is 8.77. The Morgan fingerprint density at radius 1 is 0.941 bits per heavy atom. The SMILES string of the molecule is CCC(=O)N1c2ccccc2NC2=C(C(=O)C[C@@H](c3ccc(OC)cc3)C2)[C@@H]1c1ccccc1. The van der Waals surface area contributed by atoms with E-state index in [1.807, 2.05) is 90.7 Å². The minimum Gasteiger partial charge on any atom is -0.497 e. The number of anilines is 2. The van der Waals surface area contributed by atoms with E-state index in [1.54, 1.807) is 7.11 Å². The summed E-state index contributed by atoms with van der Waals surface area (Å²) in [5.74, 6) is 0.916. The molecule has 172 valence electrons. The molecule has 5 rings (SSSR count). The molecular weight excluding hydrogens is 424 g/mol. The zero-order chi connectivity index (χ0) is 23.7. The first-order valence-corrected chi connectivity index (χ1v) is 11.7. The number of allylic oxidation sites excluding steroid dienone is 1. The molecule has 1 aliphatic carbocycles. The average Bonchev–Trinajstić information content (AvgIpc) is 3.03. The van der Waals surface area contributed by atoms with E-state index in [9.17, 15) is 9.59 Å². The van der Waals surface area contributed by atoms with Crippen molar-refractivity contribution in [2.24, 2.45) is 0 Å². The molecule has 0 bridgehead atoms. The monoisotopic (exact) mass is 452 g/mol. The number of fused-ring (bicyclic) bond motifs is 1.